The molecule has 1 aromatic heterocycles. The van der Waals surface area contributed by atoms with Crippen molar-refractivity contribution in [2.75, 3.05) is 5.32 Å². The Kier molecular flexibility index (Phi) is 5.40. The van der Waals surface area contributed by atoms with Gasteiger partial charge in [-0.3, -0.25) is 9.78 Å². The minimum absolute atomic E-state index is 0.282. The SMILES string of the molecule is O=C(Nc1ccc(C(F)(F)F)cc1)c1ccc(OCc2cccnc2)cc1. The summed E-state index contributed by atoms with van der Waals surface area (Å²) in [6.45, 7) is 0.352. The normalized spacial score (nSPS) is 11.1. The quantitative estimate of drug-likeness (QED) is 0.691. The van der Waals surface area contributed by atoms with Crippen LogP contribution in [0.2, 0.25) is 0 Å². The lowest BCUT2D eigenvalue weighted by Crippen LogP contribution is -2.12. The monoisotopic (exact) mass is 372 g/mol. The van der Waals surface area contributed by atoms with Crippen molar-refractivity contribution in [3.63, 3.8) is 0 Å². The van der Waals surface area contributed by atoms with Crippen molar-refractivity contribution in [2.45, 2.75) is 12.8 Å². The number of amides is 1. The lowest BCUT2D eigenvalue weighted by molar-refractivity contribution is -0.137. The van der Waals surface area contributed by atoms with E-state index in [1.807, 2.05) is 12.1 Å². The van der Waals surface area contributed by atoms with Crippen molar-refractivity contribution >= 4 is 11.6 Å². The van der Waals surface area contributed by atoms with Crippen LogP contribution in [0.4, 0.5) is 18.9 Å². The van der Waals surface area contributed by atoms with E-state index in [0.717, 1.165) is 17.7 Å². The van der Waals surface area contributed by atoms with E-state index >= 15 is 0 Å². The molecule has 0 saturated carbocycles. The summed E-state index contributed by atoms with van der Waals surface area (Å²) in [6.07, 6.45) is -1.03. The van der Waals surface area contributed by atoms with Crippen LogP contribution < -0.4 is 10.1 Å². The Labute approximate surface area is 153 Å². The highest BCUT2D eigenvalue weighted by atomic mass is 19.4. The number of pyridine rings is 1. The number of nitrogens with zero attached hydrogens (tertiary/aromatic N) is 1. The lowest BCUT2D eigenvalue weighted by atomic mass is 10.1. The van der Waals surface area contributed by atoms with Crippen LogP contribution in [-0.2, 0) is 12.8 Å². The molecule has 0 saturated heterocycles. The maximum absolute atomic E-state index is 12.6. The Hall–Kier alpha value is -3.35. The smallest absolute Gasteiger partial charge is 0.416 e. The average Bonchev–Trinajstić information content (AvgIpc) is 2.67. The van der Waals surface area contributed by atoms with Gasteiger partial charge in [0.05, 0.1) is 5.56 Å². The maximum atomic E-state index is 12.6. The largest absolute Gasteiger partial charge is 0.489 e. The van der Waals surface area contributed by atoms with Crippen molar-refractivity contribution in [2.24, 2.45) is 0 Å². The number of alkyl halides is 3. The molecule has 138 valence electrons. The van der Waals surface area contributed by atoms with Gasteiger partial charge in [0, 0.05) is 29.2 Å². The fraction of sp³-hybridized carbons (Fsp3) is 0.100. The fourth-order valence-corrected chi connectivity index (χ4v) is 2.30. The molecule has 0 aliphatic rings. The average molecular weight is 372 g/mol. The lowest BCUT2D eigenvalue weighted by Gasteiger charge is -2.09. The number of hydrogen-bond donors (Lipinski definition) is 1. The minimum Gasteiger partial charge on any atom is -0.489 e. The second-order valence-corrected chi connectivity index (χ2v) is 5.70. The van der Waals surface area contributed by atoms with Gasteiger partial charge in [-0.1, -0.05) is 6.07 Å². The van der Waals surface area contributed by atoms with Gasteiger partial charge in [0.1, 0.15) is 12.4 Å². The topological polar surface area (TPSA) is 51.2 Å². The summed E-state index contributed by atoms with van der Waals surface area (Å²) in [5.41, 5.74) is 0.797. The fourth-order valence-electron chi connectivity index (χ4n) is 2.30. The molecular weight excluding hydrogens is 357 g/mol. The number of ether oxygens (including phenoxy) is 1. The molecule has 3 rings (SSSR count). The summed E-state index contributed by atoms with van der Waals surface area (Å²) in [5.74, 6) is 0.165. The third-order valence-electron chi connectivity index (χ3n) is 3.71. The van der Waals surface area contributed by atoms with E-state index < -0.39 is 17.6 Å². The van der Waals surface area contributed by atoms with Crippen molar-refractivity contribution in [3.8, 4) is 5.75 Å². The summed E-state index contributed by atoms with van der Waals surface area (Å²) < 4.78 is 43.3. The predicted octanol–water partition coefficient (Wildman–Crippen LogP) is 4.93. The molecule has 0 bridgehead atoms. The Bertz CT molecular complexity index is 893. The molecule has 2 aromatic carbocycles. The number of halogens is 3. The summed E-state index contributed by atoms with van der Waals surface area (Å²) >= 11 is 0. The van der Waals surface area contributed by atoms with Crippen LogP contribution in [-0.4, -0.2) is 10.9 Å². The standard InChI is InChI=1S/C20H15F3N2O2/c21-20(22,23)16-5-7-17(8-6-16)25-19(26)15-3-9-18(10-4-15)27-13-14-2-1-11-24-12-14/h1-12H,13H2,(H,25,26). The highest BCUT2D eigenvalue weighted by molar-refractivity contribution is 6.04. The van der Waals surface area contributed by atoms with E-state index in [9.17, 15) is 18.0 Å². The van der Waals surface area contributed by atoms with Crippen LogP contribution in [0.5, 0.6) is 5.75 Å². The number of hydrogen-bond acceptors (Lipinski definition) is 3. The Morgan fingerprint density at radius 2 is 1.70 bits per heavy atom. The molecule has 7 heteroatoms. The molecule has 0 spiro atoms. The minimum atomic E-state index is -4.41. The molecule has 27 heavy (non-hydrogen) atoms. The molecule has 4 nitrogen and oxygen atoms in total. The number of nitrogens with one attached hydrogen (secondary N) is 1. The van der Waals surface area contributed by atoms with Gasteiger partial charge in [0.25, 0.3) is 5.91 Å². The molecule has 1 heterocycles. The molecule has 0 aliphatic heterocycles. The zero-order valence-corrected chi connectivity index (χ0v) is 14.0. The molecule has 0 fully saturated rings. The van der Waals surface area contributed by atoms with Gasteiger partial charge < -0.3 is 10.1 Å². The predicted molar refractivity (Wildman–Crippen MR) is 94.4 cm³/mol. The number of carbonyl (C=O) groups is 1. The van der Waals surface area contributed by atoms with E-state index in [1.165, 1.54) is 12.1 Å². The Morgan fingerprint density at radius 1 is 1.00 bits per heavy atom. The third-order valence-corrected chi connectivity index (χ3v) is 3.71. The van der Waals surface area contributed by atoms with Crippen LogP contribution in [0, 0.1) is 0 Å². The molecular formula is C20H15F3N2O2. The first-order valence-electron chi connectivity index (χ1n) is 8.02. The van der Waals surface area contributed by atoms with Gasteiger partial charge in [0.2, 0.25) is 0 Å². The summed E-state index contributed by atoms with van der Waals surface area (Å²) in [7, 11) is 0. The van der Waals surface area contributed by atoms with Crippen molar-refractivity contribution < 1.29 is 22.7 Å². The van der Waals surface area contributed by atoms with Gasteiger partial charge in [-0.25, -0.2) is 0 Å². The molecule has 0 unspecified atom stereocenters. The molecule has 1 N–H and O–H groups in total. The Morgan fingerprint density at radius 3 is 2.30 bits per heavy atom. The van der Waals surface area contributed by atoms with Crippen LogP contribution in [0.25, 0.3) is 0 Å². The number of anilines is 1. The number of rotatable bonds is 5. The number of benzene rings is 2. The first-order valence-corrected chi connectivity index (χ1v) is 8.02. The molecule has 0 aliphatic carbocycles. The molecule has 0 atom stereocenters. The van der Waals surface area contributed by atoms with Crippen LogP contribution in [0.1, 0.15) is 21.5 Å². The second-order valence-electron chi connectivity index (χ2n) is 5.70. The van der Waals surface area contributed by atoms with Crippen molar-refractivity contribution in [3.05, 3.63) is 89.7 Å². The van der Waals surface area contributed by atoms with Crippen LogP contribution >= 0.6 is 0 Å². The summed E-state index contributed by atoms with van der Waals surface area (Å²) in [4.78, 5) is 16.2. The van der Waals surface area contributed by atoms with Gasteiger partial charge in [-0.2, -0.15) is 13.2 Å². The van der Waals surface area contributed by atoms with Crippen molar-refractivity contribution in [1.82, 2.24) is 4.98 Å². The van der Waals surface area contributed by atoms with Crippen LogP contribution in [0.15, 0.2) is 73.1 Å². The summed E-state index contributed by atoms with van der Waals surface area (Å²) in [5, 5.41) is 2.56. The van der Waals surface area contributed by atoms with Gasteiger partial charge in [-0.05, 0) is 54.6 Å². The van der Waals surface area contributed by atoms with E-state index in [4.69, 9.17) is 4.74 Å². The molecule has 1 amide bonds. The van der Waals surface area contributed by atoms with E-state index in [2.05, 4.69) is 10.3 Å². The van der Waals surface area contributed by atoms with Crippen LogP contribution in [0.3, 0.4) is 0 Å². The highest BCUT2D eigenvalue weighted by Gasteiger charge is 2.29. The van der Waals surface area contributed by atoms with E-state index in [0.29, 0.717) is 17.9 Å². The highest BCUT2D eigenvalue weighted by Crippen LogP contribution is 2.29. The van der Waals surface area contributed by atoms with Gasteiger partial charge >= 0.3 is 6.18 Å². The molecule has 0 radical (unpaired) electrons. The zero-order chi connectivity index (χ0) is 19.3. The number of aromatic nitrogens is 1. The second kappa shape index (κ2) is 7.90. The van der Waals surface area contributed by atoms with E-state index in [-0.39, 0.29) is 5.69 Å². The third kappa shape index (κ3) is 5.07. The molecule has 3 aromatic rings. The first-order chi connectivity index (χ1) is 12.9. The first kappa shape index (κ1) is 18.4. The van der Waals surface area contributed by atoms with Gasteiger partial charge in [0.15, 0.2) is 0 Å². The maximum Gasteiger partial charge on any atom is 0.416 e. The number of carbonyl (C=O) groups excluding carboxylic acids is 1. The van der Waals surface area contributed by atoms with Crippen molar-refractivity contribution in [1.29, 1.82) is 0 Å². The van der Waals surface area contributed by atoms with Gasteiger partial charge in [-0.15, -0.1) is 0 Å². The zero-order valence-electron chi connectivity index (χ0n) is 14.0. The summed E-state index contributed by atoms with van der Waals surface area (Å²) in [6, 6.07) is 14.4. The van der Waals surface area contributed by atoms with E-state index in [1.54, 1.807) is 36.7 Å². The Balaban J connectivity index is 1.58.